The number of fused-ring (bicyclic) bond motifs is 8. The third-order valence-electron chi connectivity index (χ3n) is 6.09. The van der Waals surface area contributed by atoms with E-state index in [1.807, 2.05) is 84.9 Å². The van der Waals surface area contributed by atoms with Crippen LogP contribution in [0.5, 0.6) is 0 Å². The molecule has 4 aromatic rings. The SMILES string of the molecule is O=S(=O)(CCOCc1ccccc1)c1c2nc(cc3ccc(cc4ccc(cc5nc1C=C5)[nH]4)[nH]3)C=C2. The van der Waals surface area contributed by atoms with E-state index < -0.39 is 9.84 Å². The number of ether oxygens (including phenoxy) is 1. The molecule has 0 saturated heterocycles. The first-order valence-corrected chi connectivity index (χ1v) is 13.6. The second-order valence-corrected chi connectivity index (χ2v) is 10.9. The summed E-state index contributed by atoms with van der Waals surface area (Å²) < 4.78 is 32.9. The molecule has 0 spiro atoms. The van der Waals surface area contributed by atoms with Crippen molar-refractivity contribution in [3.63, 3.8) is 0 Å². The van der Waals surface area contributed by atoms with E-state index in [-0.39, 0.29) is 17.3 Å². The van der Waals surface area contributed by atoms with Gasteiger partial charge in [0.2, 0.25) is 0 Å². The van der Waals surface area contributed by atoms with Crippen molar-refractivity contribution in [3.05, 3.63) is 101 Å². The molecule has 2 N–H and O–H groups in total. The van der Waals surface area contributed by atoms with E-state index in [1.54, 1.807) is 12.2 Å². The molecule has 7 nitrogen and oxygen atoms in total. The number of H-pyrrole nitrogens is 2. The number of benzene rings is 1. The number of hydrogen-bond acceptors (Lipinski definition) is 5. The Labute approximate surface area is 214 Å². The summed E-state index contributed by atoms with van der Waals surface area (Å²) in [6.45, 7) is 0.411. The highest BCUT2D eigenvalue weighted by Gasteiger charge is 2.24. The van der Waals surface area contributed by atoms with Gasteiger partial charge in [0.25, 0.3) is 0 Å². The summed E-state index contributed by atoms with van der Waals surface area (Å²) in [5.74, 6) is -0.178. The molecule has 5 heterocycles. The summed E-state index contributed by atoms with van der Waals surface area (Å²) in [4.78, 5) is 16.1. The Bertz CT molecular complexity index is 1710. The summed E-state index contributed by atoms with van der Waals surface area (Å²) in [5.41, 5.74) is 6.66. The summed E-state index contributed by atoms with van der Waals surface area (Å²) in [6.07, 6.45) is 7.08. The van der Waals surface area contributed by atoms with Crippen molar-refractivity contribution in [1.29, 1.82) is 0 Å². The molecule has 37 heavy (non-hydrogen) atoms. The molecular weight excluding hydrogens is 484 g/mol. The molecule has 0 amide bonds. The molecular formula is C29H24N4O3S. The van der Waals surface area contributed by atoms with Gasteiger partial charge in [0.15, 0.2) is 9.84 Å². The highest BCUT2D eigenvalue weighted by Crippen LogP contribution is 2.27. The number of aromatic nitrogens is 4. The molecule has 0 radical (unpaired) electrons. The average Bonchev–Trinajstić information content (AvgIpc) is 3.69. The smallest absolute Gasteiger partial charge is 0.184 e. The van der Waals surface area contributed by atoms with Gasteiger partial charge in [-0.25, -0.2) is 18.4 Å². The Morgan fingerprint density at radius 1 is 0.676 bits per heavy atom. The summed E-state index contributed by atoms with van der Waals surface area (Å²) >= 11 is 0. The minimum atomic E-state index is -3.76. The molecule has 0 saturated carbocycles. The number of rotatable bonds is 6. The Kier molecular flexibility index (Phi) is 6.04. The van der Waals surface area contributed by atoms with Crippen LogP contribution in [0.2, 0.25) is 0 Å². The normalized spacial score (nSPS) is 12.8. The quantitative estimate of drug-likeness (QED) is 0.283. The molecule has 3 aromatic heterocycles. The van der Waals surface area contributed by atoms with Crippen LogP contribution in [0, 0.1) is 0 Å². The largest absolute Gasteiger partial charge is 0.376 e. The lowest BCUT2D eigenvalue weighted by atomic mass is 10.2. The first kappa shape index (κ1) is 23.1. The molecule has 8 heteroatoms. The molecule has 0 fully saturated rings. The van der Waals surface area contributed by atoms with Gasteiger partial charge in [0.05, 0.1) is 41.7 Å². The average molecular weight is 509 g/mol. The molecule has 6 rings (SSSR count). The van der Waals surface area contributed by atoms with Crippen LogP contribution in [-0.2, 0) is 21.2 Å². The number of hydrogen-bond donors (Lipinski definition) is 2. The third-order valence-corrected chi connectivity index (χ3v) is 7.83. The van der Waals surface area contributed by atoms with Gasteiger partial charge >= 0.3 is 0 Å². The van der Waals surface area contributed by atoms with Crippen molar-refractivity contribution in [2.45, 2.75) is 11.5 Å². The monoisotopic (exact) mass is 508 g/mol. The zero-order valence-corrected chi connectivity index (χ0v) is 20.7. The first-order chi connectivity index (χ1) is 18.0. The topological polar surface area (TPSA) is 101 Å². The van der Waals surface area contributed by atoms with Crippen molar-refractivity contribution in [1.82, 2.24) is 19.9 Å². The summed E-state index contributed by atoms with van der Waals surface area (Å²) in [5, 5.41) is 0. The fraction of sp³-hybridized carbons (Fsp3) is 0.103. The van der Waals surface area contributed by atoms with Gasteiger partial charge in [-0.2, -0.15) is 0 Å². The van der Waals surface area contributed by atoms with Crippen molar-refractivity contribution < 1.29 is 13.2 Å². The Balaban J connectivity index is 1.44. The van der Waals surface area contributed by atoms with Gasteiger partial charge in [-0.15, -0.1) is 0 Å². The minimum Gasteiger partial charge on any atom is -0.376 e. The van der Waals surface area contributed by atoms with Gasteiger partial charge in [0, 0.05) is 22.1 Å². The molecule has 2 aliphatic rings. The van der Waals surface area contributed by atoms with Crippen molar-refractivity contribution in [3.8, 4) is 0 Å². The van der Waals surface area contributed by atoms with E-state index in [4.69, 9.17) is 4.74 Å². The number of nitrogens with one attached hydrogen (secondary N) is 2. The van der Waals surface area contributed by atoms with Crippen LogP contribution in [0.4, 0.5) is 0 Å². The number of nitrogens with zero attached hydrogens (tertiary/aromatic N) is 2. The highest BCUT2D eigenvalue weighted by atomic mass is 32.2. The Hall–Kier alpha value is -4.27. The van der Waals surface area contributed by atoms with Gasteiger partial charge in [0.1, 0.15) is 4.90 Å². The summed E-state index contributed by atoms with van der Waals surface area (Å²) in [7, 11) is -3.76. The molecule has 2 aliphatic heterocycles. The summed E-state index contributed by atoms with van der Waals surface area (Å²) in [6, 6.07) is 23.4. The van der Waals surface area contributed by atoms with Crippen LogP contribution >= 0.6 is 0 Å². The van der Waals surface area contributed by atoms with Gasteiger partial charge in [-0.05, 0) is 72.3 Å². The third kappa shape index (κ3) is 5.16. The van der Waals surface area contributed by atoms with E-state index in [9.17, 15) is 8.42 Å². The lowest BCUT2D eigenvalue weighted by Crippen LogP contribution is -2.15. The second-order valence-electron chi connectivity index (χ2n) is 8.87. The Morgan fingerprint density at radius 2 is 1.22 bits per heavy atom. The fourth-order valence-corrected chi connectivity index (χ4v) is 5.74. The predicted octanol–water partition coefficient (Wildman–Crippen LogP) is 5.65. The van der Waals surface area contributed by atoms with E-state index in [1.165, 1.54) is 0 Å². The minimum absolute atomic E-state index is 0.0626. The first-order valence-electron chi connectivity index (χ1n) is 11.9. The van der Waals surface area contributed by atoms with Crippen LogP contribution in [0.15, 0.2) is 77.7 Å². The van der Waals surface area contributed by atoms with E-state index in [0.717, 1.165) is 27.6 Å². The maximum Gasteiger partial charge on any atom is 0.184 e. The van der Waals surface area contributed by atoms with Gasteiger partial charge < -0.3 is 14.7 Å². The lowest BCUT2D eigenvalue weighted by Gasteiger charge is -2.08. The van der Waals surface area contributed by atoms with Crippen LogP contribution in [0.3, 0.4) is 0 Å². The zero-order chi connectivity index (χ0) is 25.2. The van der Waals surface area contributed by atoms with Crippen molar-refractivity contribution in [2.75, 3.05) is 12.4 Å². The molecule has 8 bridgehead atoms. The van der Waals surface area contributed by atoms with Crippen LogP contribution < -0.4 is 0 Å². The van der Waals surface area contributed by atoms with Gasteiger partial charge in [-0.1, -0.05) is 30.3 Å². The molecule has 184 valence electrons. The van der Waals surface area contributed by atoms with Crippen LogP contribution in [0.1, 0.15) is 28.3 Å². The van der Waals surface area contributed by atoms with E-state index in [2.05, 4.69) is 19.9 Å². The van der Waals surface area contributed by atoms with E-state index in [0.29, 0.717) is 29.4 Å². The second kappa shape index (κ2) is 9.65. The number of sulfone groups is 1. The molecule has 0 atom stereocenters. The van der Waals surface area contributed by atoms with Crippen LogP contribution in [0.25, 0.3) is 46.4 Å². The maximum atomic E-state index is 13.6. The highest BCUT2D eigenvalue weighted by molar-refractivity contribution is 7.91. The van der Waals surface area contributed by atoms with Crippen LogP contribution in [-0.4, -0.2) is 40.7 Å². The molecule has 0 unspecified atom stereocenters. The Morgan fingerprint density at radius 3 is 1.78 bits per heavy atom. The predicted molar refractivity (Wildman–Crippen MR) is 147 cm³/mol. The standard InChI is InChI=1S/C29H24N4O3S/c34-37(35,15-14-36-19-20-4-2-1-3-5-20)29-27-12-10-25(32-27)17-23-8-6-21(30-23)16-22-7-9-24(31-22)18-26-11-13-28(29)33-26/h1-13,16-18,30-31H,14-15,19H2. The van der Waals surface area contributed by atoms with Crippen molar-refractivity contribution in [2.24, 2.45) is 0 Å². The van der Waals surface area contributed by atoms with Crippen molar-refractivity contribution >= 4 is 56.2 Å². The number of aromatic amines is 2. The fourth-order valence-electron chi connectivity index (χ4n) is 4.34. The zero-order valence-electron chi connectivity index (χ0n) is 19.9. The van der Waals surface area contributed by atoms with Gasteiger partial charge in [-0.3, -0.25) is 0 Å². The van der Waals surface area contributed by atoms with E-state index >= 15 is 0 Å². The lowest BCUT2D eigenvalue weighted by molar-refractivity contribution is 0.135. The molecule has 1 aromatic carbocycles. The maximum absolute atomic E-state index is 13.6. The molecule has 0 aliphatic carbocycles.